The van der Waals surface area contributed by atoms with Crippen molar-refractivity contribution >= 4 is 17.2 Å². The van der Waals surface area contributed by atoms with Crippen molar-refractivity contribution in [3.8, 4) is 0 Å². The molecule has 0 saturated heterocycles. The second-order valence-corrected chi connectivity index (χ2v) is 6.14. The first kappa shape index (κ1) is 14.5. The molecule has 5 heteroatoms. The minimum atomic E-state index is -0.0515. The van der Waals surface area contributed by atoms with Gasteiger partial charge in [-0.15, -0.1) is 11.3 Å². The Balaban J connectivity index is 1.93. The van der Waals surface area contributed by atoms with Crippen LogP contribution in [-0.2, 0) is 0 Å². The summed E-state index contributed by atoms with van der Waals surface area (Å²) in [7, 11) is 0. The summed E-state index contributed by atoms with van der Waals surface area (Å²) in [6.45, 7) is 2.03. The number of aromatic nitrogens is 1. The van der Waals surface area contributed by atoms with Gasteiger partial charge in [0.2, 0.25) is 0 Å². The minimum absolute atomic E-state index is 0.0438. The molecule has 0 spiro atoms. The lowest BCUT2D eigenvalue weighted by atomic mass is 10.1. The van der Waals surface area contributed by atoms with Gasteiger partial charge in [-0.25, -0.2) is 4.98 Å². The van der Waals surface area contributed by atoms with Crippen LogP contribution in [0.2, 0.25) is 0 Å². The largest absolute Gasteiger partial charge is 0.348 e. The summed E-state index contributed by atoms with van der Waals surface area (Å²) < 4.78 is 0. The lowest BCUT2D eigenvalue weighted by molar-refractivity contribution is 0.0929. The molecule has 106 valence electrons. The van der Waals surface area contributed by atoms with Gasteiger partial charge in [0.05, 0.1) is 6.04 Å². The molecule has 1 aromatic rings. The molecule has 1 saturated carbocycles. The summed E-state index contributed by atoms with van der Waals surface area (Å²) in [5.41, 5.74) is 6.45. The molecule has 4 nitrogen and oxygen atoms in total. The Morgan fingerprint density at radius 1 is 1.47 bits per heavy atom. The van der Waals surface area contributed by atoms with Gasteiger partial charge in [0.15, 0.2) is 0 Å². The Labute approximate surface area is 118 Å². The van der Waals surface area contributed by atoms with Gasteiger partial charge in [-0.3, -0.25) is 4.79 Å². The van der Waals surface area contributed by atoms with Crippen molar-refractivity contribution in [1.29, 1.82) is 0 Å². The van der Waals surface area contributed by atoms with Gasteiger partial charge < -0.3 is 11.1 Å². The zero-order chi connectivity index (χ0) is 13.7. The highest BCUT2D eigenvalue weighted by Crippen LogP contribution is 2.20. The van der Waals surface area contributed by atoms with Crippen LogP contribution in [0.1, 0.15) is 73.4 Å². The van der Waals surface area contributed by atoms with Crippen LogP contribution in [0.3, 0.4) is 0 Å². The Hall–Kier alpha value is -0.940. The van der Waals surface area contributed by atoms with Gasteiger partial charge in [-0.1, -0.05) is 32.6 Å². The fourth-order valence-electron chi connectivity index (χ4n) is 2.42. The molecular weight excluding hydrogens is 258 g/mol. The number of carbonyl (C=O) groups excluding carboxylic acids is 1. The Morgan fingerprint density at radius 3 is 2.79 bits per heavy atom. The van der Waals surface area contributed by atoms with Crippen molar-refractivity contribution in [3.63, 3.8) is 0 Å². The van der Waals surface area contributed by atoms with Crippen molar-refractivity contribution in [1.82, 2.24) is 10.3 Å². The molecular formula is C14H23N3OS. The van der Waals surface area contributed by atoms with E-state index >= 15 is 0 Å². The Kier molecular flexibility index (Phi) is 5.34. The molecule has 0 aromatic carbocycles. The molecule has 1 amide bonds. The van der Waals surface area contributed by atoms with E-state index in [9.17, 15) is 4.79 Å². The van der Waals surface area contributed by atoms with Crippen LogP contribution in [0.5, 0.6) is 0 Å². The molecule has 0 bridgehead atoms. The molecule has 1 aromatic heterocycles. The highest BCUT2D eigenvalue weighted by Gasteiger charge is 2.18. The SMILES string of the molecule is CCC(N)c1nc(C(=O)NC2CCCCCC2)cs1. The van der Waals surface area contributed by atoms with Gasteiger partial charge in [-0.05, 0) is 19.3 Å². The van der Waals surface area contributed by atoms with Gasteiger partial charge in [0, 0.05) is 11.4 Å². The van der Waals surface area contributed by atoms with Crippen molar-refractivity contribution in [3.05, 3.63) is 16.1 Å². The smallest absolute Gasteiger partial charge is 0.270 e. The Bertz CT molecular complexity index is 411. The fraction of sp³-hybridized carbons (Fsp3) is 0.714. The topological polar surface area (TPSA) is 68.0 Å². The van der Waals surface area contributed by atoms with Crippen LogP contribution < -0.4 is 11.1 Å². The molecule has 1 aliphatic carbocycles. The van der Waals surface area contributed by atoms with Gasteiger partial charge >= 0.3 is 0 Å². The number of nitrogens with two attached hydrogens (primary N) is 1. The monoisotopic (exact) mass is 281 g/mol. The zero-order valence-electron chi connectivity index (χ0n) is 11.5. The first-order valence-electron chi connectivity index (χ1n) is 7.22. The van der Waals surface area contributed by atoms with E-state index in [1.165, 1.54) is 37.0 Å². The van der Waals surface area contributed by atoms with E-state index in [0.717, 1.165) is 24.3 Å². The lowest BCUT2D eigenvalue weighted by Crippen LogP contribution is -2.34. The zero-order valence-corrected chi connectivity index (χ0v) is 12.3. The minimum Gasteiger partial charge on any atom is -0.348 e. The van der Waals surface area contributed by atoms with E-state index in [1.54, 1.807) is 0 Å². The third-order valence-electron chi connectivity index (χ3n) is 3.70. The number of rotatable bonds is 4. The molecule has 19 heavy (non-hydrogen) atoms. The molecule has 0 aliphatic heterocycles. The Morgan fingerprint density at radius 2 is 2.16 bits per heavy atom. The quantitative estimate of drug-likeness (QED) is 0.834. The predicted octanol–water partition coefficient (Wildman–Crippen LogP) is 3.01. The third-order valence-corrected chi connectivity index (χ3v) is 4.68. The highest BCUT2D eigenvalue weighted by atomic mass is 32.1. The second kappa shape index (κ2) is 7.01. The van der Waals surface area contributed by atoms with Crippen molar-refractivity contribution < 1.29 is 4.79 Å². The van der Waals surface area contributed by atoms with Crippen LogP contribution in [0.15, 0.2) is 5.38 Å². The summed E-state index contributed by atoms with van der Waals surface area (Å²) in [4.78, 5) is 16.5. The summed E-state index contributed by atoms with van der Waals surface area (Å²) in [5, 5.41) is 5.78. The number of thiazole rings is 1. The van der Waals surface area contributed by atoms with Crippen LogP contribution >= 0.6 is 11.3 Å². The predicted molar refractivity (Wildman–Crippen MR) is 78.3 cm³/mol. The number of hydrogen-bond donors (Lipinski definition) is 2. The fourth-order valence-corrected chi connectivity index (χ4v) is 3.30. The average Bonchev–Trinajstić information content (AvgIpc) is 2.78. The average molecular weight is 281 g/mol. The van der Waals surface area contributed by atoms with Crippen LogP contribution in [0.25, 0.3) is 0 Å². The number of carbonyl (C=O) groups is 1. The standard InChI is InChI=1S/C14H23N3OS/c1-2-11(15)14-17-12(9-19-14)13(18)16-10-7-5-3-4-6-8-10/h9-11H,2-8,15H2,1H3,(H,16,18). The van der Waals surface area contributed by atoms with Crippen LogP contribution in [0, 0.1) is 0 Å². The lowest BCUT2D eigenvalue weighted by Gasteiger charge is -2.15. The van der Waals surface area contributed by atoms with Crippen molar-refractivity contribution in [2.45, 2.75) is 64.0 Å². The molecule has 1 atom stereocenters. The molecule has 1 heterocycles. The van der Waals surface area contributed by atoms with Gasteiger partial charge in [0.1, 0.15) is 10.7 Å². The molecule has 1 fully saturated rings. The maximum atomic E-state index is 12.1. The van der Waals surface area contributed by atoms with E-state index in [2.05, 4.69) is 10.3 Å². The second-order valence-electron chi connectivity index (χ2n) is 5.25. The molecule has 1 unspecified atom stereocenters. The first-order chi connectivity index (χ1) is 9.20. The molecule has 3 N–H and O–H groups in total. The van der Waals surface area contributed by atoms with Crippen molar-refractivity contribution in [2.75, 3.05) is 0 Å². The summed E-state index contributed by atoms with van der Waals surface area (Å²) in [6, 6.07) is 0.268. The molecule has 0 radical (unpaired) electrons. The van der Waals surface area contributed by atoms with Crippen LogP contribution in [0.4, 0.5) is 0 Å². The van der Waals surface area contributed by atoms with Gasteiger partial charge in [0.25, 0.3) is 5.91 Å². The normalized spacial score (nSPS) is 18.8. The van der Waals surface area contributed by atoms with E-state index < -0.39 is 0 Å². The first-order valence-corrected chi connectivity index (χ1v) is 8.10. The van der Waals surface area contributed by atoms with E-state index in [-0.39, 0.29) is 11.9 Å². The third kappa shape index (κ3) is 4.01. The number of nitrogens with one attached hydrogen (secondary N) is 1. The highest BCUT2D eigenvalue weighted by molar-refractivity contribution is 7.09. The molecule has 1 aliphatic rings. The van der Waals surface area contributed by atoms with Crippen molar-refractivity contribution in [2.24, 2.45) is 5.73 Å². The number of nitrogens with zero attached hydrogens (tertiary/aromatic N) is 1. The van der Waals surface area contributed by atoms with E-state index in [4.69, 9.17) is 5.73 Å². The molecule has 2 rings (SSSR count). The number of hydrogen-bond acceptors (Lipinski definition) is 4. The summed E-state index contributed by atoms with van der Waals surface area (Å²) in [6.07, 6.45) is 8.05. The summed E-state index contributed by atoms with van der Waals surface area (Å²) in [5.74, 6) is -0.0438. The van der Waals surface area contributed by atoms with Gasteiger partial charge in [-0.2, -0.15) is 0 Å². The maximum Gasteiger partial charge on any atom is 0.270 e. The van der Waals surface area contributed by atoms with E-state index in [1.807, 2.05) is 12.3 Å². The maximum absolute atomic E-state index is 12.1. The van der Waals surface area contributed by atoms with E-state index in [0.29, 0.717) is 11.7 Å². The summed E-state index contributed by atoms with van der Waals surface area (Å²) >= 11 is 1.48. The number of amides is 1. The van der Waals surface area contributed by atoms with Crippen LogP contribution in [-0.4, -0.2) is 16.9 Å².